The van der Waals surface area contributed by atoms with Gasteiger partial charge in [-0.3, -0.25) is 4.79 Å². The molecule has 0 aliphatic heterocycles. The van der Waals surface area contributed by atoms with E-state index in [1.807, 2.05) is 12.2 Å². The Hall–Kier alpha value is -1.22. The van der Waals surface area contributed by atoms with Gasteiger partial charge in [0, 0.05) is 5.75 Å². The number of hydrogen-bond donors (Lipinski definition) is 2. The standard InChI is InChI=1S/C11H12O2S/c1-8(12)10-5-4-9(3-2-6-14)7-11(10)13/h2-5,7,13-14H,6H2,1H3. The van der Waals surface area contributed by atoms with Gasteiger partial charge in [-0.1, -0.05) is 18.2 Å². The first-order valence-electron chi connectivity index (χ1n) is 4.26. The lowest BCUT2D eigenvalue weighted by Gasteiger charge is -2.01. The molecule has 0 saturated heterocycles. The fourth-order valence-electron chi connectivity index (χ4n) is 1.14. The number of Topliss-reactive ketones (excluding diaryl/α,β-unsaturated/α-hetero) is 1. The summed E-state index contributed by atoms with van der Waals surface area (Å²) in [5, 5.41) is 9.49. The van der Waals surface area contributed by atoms with E-state index in [-0.39, 0.29) is 11.5 Å². The molecule has 0 bridgehead atoms. The third-order valence-corrected chi connectivity index (χ3v) is 2.03. The van der Waals surface area contributed by atoms with Crippen molar-refractivity contribution in [1.82, 2.24) is 0 Å². The van der Waals surface area contributed by atoms with Crippen molar-refractivity contribution in [3.8, 4) is 5.75 Å². The van der Waals surface area contributed by atoms with Crippen molar-refractivity contribution in [2.45, 2.75) is 6.92 Å². The summed E-state index contributed by atoms with van der Waals surface area (Å²) in [6.07, 6.45) is 3.71. The molecule has 0 saturated carbocycles. The van der Waals surface area contributed by atoms with Crippen LogP contribution in [-0.4, -0.2) is 16.6 Å². The predicted molar refractivity (Wildman–Crippen MR) is 61.0 cm³/mol. The van der Waals surface area contributed by atoms with Crippen LogP contribution in [0.15, 0.2) is 24.3 Å². The smallest absolute Gasteiger partial charge is 0.163 e. The van der Waals surface area contributed by atoms with Crippen LogP contribution >= 0.6 is 12.6 Å². The molecule has 0 atom stereocenters. The van der Waals surface area contributed by atoms with Crippen molar-refractivity contribution < 1.29 is 9.90 Å². The van der Waals surface area contributed by atoms with Gasteiger partial charge in [-0.05, 0) is 24.6 Å². The molecule has 0 fully saturated rings. The van der Waals surface area contributed by atoms with Crippen molar-refractivity contribution in [2.24, 2.45) is 0 Å². The van der Waals surface area contributed by atoms with Crippen molar-refractivity contribution in [3.63, 3.8) is 0 Å². The second kappa shape index (κ2) is 4.86. The zero-order chi connectivity index (χ0) is 10.6. The number of carbonyl (C=O) groups excluding carboxylic acids is 1. The summed E-state index contributed by atoms with van der Waals surface area (Å²) in [7, 11) is 0. The van der Waals surface area contributed by atoms with E-state index in [1.165, 1.54) is 6.92 Å². The molecule has 2 nitrogen and oxygen atoms in total. The Bertz CT molecular complexity index is 370. The highest BCUT2D eigenvalue weighted by atomic mass is 32.1. The summed E-state index contributed by atoms with van der Waals surface area (Å²) in [5.74, 6) is 0.543. The Morgan fingerprint density at radius 1 is 1.57 bits per heavy atom. The van der Waals surface area contributed by atoms with E-state index in [9.17, 15) is 9.90 Å². The summed E-state index contributed by atoms with van der Waals surface area (Å²) in [5.41, 5.74) is 1.22. The molecule has 0 aliphatic carbocycles. The highest BCUT2D eigenvalue weighted by molar-refractivity contribution is 7.80. The van der Waals surface area contributed by atoms with Gasteiger partial charge in [0.15, 0.2) is 5.78 Å². The van der Waals surface area contributed by atoms with Crippen molar-refractivity contribution >= 4 is 24.5 Å². The molecule has 0 unspecified atom stereocenters. The first kappa shape index (κ1) is 10.9. The van der Waals surface area contributed by atoms with Crippen LogP contribution in [0, 0.1) is 0 Å². The molecule has 0 radical (unpaired) electrons. The number of phenolic OH excluding ortho intramolecular Hbond substituents is 1. The van der Waals surface area contributed by atoms with Gasteiger partial charge in [-0.25, -0.2) is 0 Å². The van der Waals surface area contributed by atoms with Gasteiger partial charge >= 0.3 is 0 Å². The van der Waals surface area contributed by atoms with Gasteiger partial charge in [0.25, 0.3) is 0 Å². The fourth-order valence-corrected chi connectivity index (χ4v) is 1.24. The van der Waals surface area contributed by atoms with E-state index in [1.54, 1.807) is 18.2 Å². The zero-order valence-corrected chi connectivity index (χ0v) is 8.79. The summed E-state index contributed by atoms with van der Waals surface area (Å²) >= 11 is 4.03. The first-order valence-corrected chi connectivity index (χ1v) is 4.89. The summed E-state index contributed by atoms with van der Waals surface area (Å²) in [6, 6.07) is 4.98. The molecule has 0 heterocycles. The Labute approximate surface area is 88.7 Å². The molecule has 0 spiro atoms. The SMILES string of the molecule is CC(=O)c1ccc(C=CCS)cc1O. The number of phenols is 1. The van der Waals surface area contributed by atoms with Crippen molar-refractivity contribution in [3.05, 3.63) is 35.4 Å². The second-order valence-corrected chi connectivity index (χ2v) is 3.28. The molecular weight excluding hydrogens is 196 g/mol. The Balaban J connectivity index is 3.00. The molecular formula is C11H12O2S. The monoisotopic (exact) mass is 208 g/mol. The van der Waals surface area contributed by atoms with Gasteiger partial charge in [-0.15, -0.1) is 0 Å². The van der Waals surface area contributed by atoms with Gasteiger partial charge in [-0.2, -0.15) is 12.6 Å². The average Bonchev–Trinajstić information content (AvgIpc) is 2.14. The second-order valence-electron chi connectivity index (χ2n) is 2.92. The number of benzene rings is 1. The van der Waals surface area contributed by atoms with Crippen LogP contribution in [0.3, 0.4) is 0 Å². The van der Waals surface area contributed by atoms with E-state index in [0.717, 1.165) is 5.56 Å². The van der Waals surface area contributed by atoms with E-state index < -0.39 is 0 Å². The quantitative estimate of drug-likeness (QED) is 0.591. The minimum atomic E-state index is -0.132. The maximum absolute atomic E-state index is 11.0. The predicted octanol–water partition coefficient (Wildman–Crippen LogP) is 2.54. The molecule has 1 rings (SSSR count). The normalized spacial score (nSPS) is 10.7. The molecule has 1 N–H and O–H groups in total. The Morgan fingerprint density at radius 2 is 2.29 bits per heavy atom. The maximum Gasteiger partial charge on any atom is 0.163 e. The van der Waals surface area contributed by atoms with Gasteiger partial charge in [0.05, 0.1) is 5.56 Å². The third-order valence-electron chi connectivity index (χ3n) is 1.82. The average molecular weight is 208 g/mol. The van der Waals surface area contributed by atoms with Crippen molar-refractivity contribution in [2.75, 3.05) is 5.75 Å². The summed E-state index contributed by atoms with van der Waals surface area (Å²) in [6.45, 7) is 1.43. The molecule has 0 amide bonds. The summed E-state index contributed by atoms with van der Waals surface area (Å²) in [4.78, 5) is 11.0. The maximum atomic E-state index is 11.0. The van der Waals surface area contributed by atoms with Gasteiger partial charge < -0.3 is 5.11 Å². The zero-order valence-electron chi connectivity index (χ0n) is 7.90. The Morgan fingerprint density at radius 3 is 2.79 bits per heavy atom. The largest absolute Gasteiger partial charge is 0.507 e. The number of hydrogen-bond acceptors (Lipinski definition) is 3. The van der Waals surface area contributed by atoms with Crippen LogP contribution in [0.2, 0.25) is 0 Å². The highest BCUT2D eigenvalue weighted by Gasteiger charge is 2.05. The topological polar surface area (TPSA) is 37.3 Å². The lowest BCUT2D eigenvalue weighted by atomic mass is 10.1. The number of rotatable bonds is 3. The number of carbonyl (C=O) groups is 1. The number of ketones is 1. The highest BCUT2D eigenvalue weighted by Crippen LogP contribution is 2.19. The van der Waals surface area contributed by atoms with Gasteiger partial charge in [0.2, 0.25) is 0 Å². The van der Waals surface area contributed by atoms with E-state index in [4.69, 9.17) is 0 Å². The molecule has 1 aromatic rings. The number of thiol groups is 1. The minimum Gasteiger partial charge on any atom is -0.507 e. The molecule has 0 aliphatic rings. The van der Waals surface area contributed by atoms with Crippen LogP contribution in [0.1, 0.15) is 22.8 Å². The van der Waals surface area contributed by atoms with E-state index in [0.29, 0.717) is 11.3 Å². The van der Waals surface area contributed by atoms with Crippen LogP contribution in [0.25, 0.3) is 6.08 Å². The third kappa shape index (κ3) is 2.64. The Kier molecular flexibility index (Phi) is 3.77. The van der Waals surface area contributed by atoms with Crippen LogP contribution < -0.4 is 0 Å². The molecule has 3 heteroatoms. The lowest BCUT2D eigenvalue weighted by molar-refractivity contribution is 0.101. The molecule has 0 aromatic heterocycles. The first-order chi connectivity index (χ1) is 6.65. The van der Waals surface area contributed by atoms with Crippen LogP contribution in [-0.2, 0) is 0 Å². The minimum absolute atomic E-state index is 0.0267. The fraction of sp³-hybridized carbons (Fsp3) is 0.182. The van der Waals surface area contributed by atoms with E-state index in [2.05, 4.69) is 12.6 Å². The summed E-state index contributed by atoms with van der Waals surface area (Å²) < 4.78 is 0. The van der Waals surface area contributed by atoms with E-state index >= 15 is 0 Å². The molecule has 14 heavy (non-hydrogen) atoms. The van der Waals surface area contributed by atoms with Crippen molar-refractivity contribution in [1.29, 1.82) is 0 Å². The molecule has 74 valence electrons. The molecule has 1 aromatic carbocycles. The van der Waals surface area contributed by atoms with Gasteiger partial charge in [0.1, 0.15) is 5.75 Å². The number of aromatic hydroxyl groups is 1. The van der Waals surface area contributed by atoms with Crippen LogP contribution in [0.5, 0.6) is 5.75 Å². The van der Waals surface area contributed by atoms with Crippen LogP contribution in [0.4, 0.5) is 0 Å². The lowest BCUT2D eigenvalue weighted by Crippen LogP contribution is -1.92.